The van der Waals surface area contributed by atoms with E-state index in [-0.39, 0.29) is 12.3 Å². The fraction of sp³-hybridized carbons (Fsp3) is 0.500. The highest BCUT2D eigenvalue weighted by Crippen LogP contribution is 2.04. The van der Waals surface area contributed by atoms with Crippen molar-refractivity contribution in [2.45, 2.75) is 6.10 Å². The molecular weight excluding hydrogens is 124 g/mol. The van der Waals surface area contributed by atoms with E-state index in [9.17, 15) is 0 Å². The second kappa shape index (κ2) is 2.56. The van der Waals surface area contributed by atoms with Crippen molar-refractivity contribution in [3.63, 3.8) is 0 Å². The van der Waals surface area contributed by atoms with Gasteiger partial charge in [0.05, 0.1) is 12.8 Å². The summed E-state index contributed by atoms with van der Waals surface area (Å²) in [6, 6.07) is 0. The van der Waals surface area contributed by atoms with E-state index >= 15 is 0 Å². The average molecular weight is 130 g/mol. The maximum atomic E-state index is 8.81. The van der Waals surface area contributed by atoms with Gasteiger partial charge in [-0.05, 0) is 0 Å². The maximum absolute atomic E-state index is 8.81. The molecule has 0 aliphatic heterocycles. The van der Waals surface area contributed by atoms with E-state index in [1.54, 1.807) is 0 Å². The number of aromatic nitrogens is 2. The number of rotatable bonds is 2. The summed E-state index contributed by atoms with van der Waals surface area (Å²) in [7, 11) is 0. The highest BCUT2D eigenvalue weighted by atomic mass is 16.6. The van der Waals surface area contributed by atoms with Crippen LogP contribution in [0.2, 0.25) is 0 Å². The van der Waals surface area contributed by atoms with Gasteiger partial charge in [0.2, 0.25) is 0 Å². The molecular formula is C4H6N2O3. The van der Waals surface area contributed by atoms with Crippen molar-refractivity contribution >= 4 is 0 Å². The molecule has 1 aromatic heterocycles. The van der Waals surface area contributed by atoms with Crippen LogP contribution in [-0.4, -0.2) is 27.1 Å². The average Bonchev–Trinajstić information content (AvgIpc) is 2.37. The predicted octanol–water partition coefficient (Wildman–Crippen LogP) is -0.905. The van der Waals surface area contributed by atoms with Gasteiger partial charge in [0.1, 0.15) is 11.8 Å². The van der Waals surface area contributed by atoms with E-state index in [1.807, 2.05) is 0 Å². The van der Waals surface area contributed by atoms with Crippen molar-refractivity contribution in [3.05, 3.63) is 11.9 Å². The van der Waals surface area contributed by atoms with Gasteiger partial charge in [-0.3, -0.25) is 0 Å². The highest BCUT2D eigenvalue weighted by molar-refractivity contribution is 4.93. The Morgan fingerprint density at radius 3 is 3.00 bits per heavy atom. The molecule has 9 heavy (non-hydrogen) atoms. The van der Waals surface area contributed by atoms with Gasteiger partial charge in [0.25, 0.3) is 0 Å². The number of hydrogen-bond acceptors (Lipinski definition) is 5. The third-order valence-electron chi connectivity index (χ3n) is 0.893. The Balaban J connectivity index is 2.65. The number of nitrogens with zero attached hydrogens (tertiary/aromatic N) is 2. The minimum Gasteiger partial charge on any atom is -0.393 e. The van der Waals surface area contributed by atoms with Crippen molar-refractivity contribution in [1.82, 2.24) is 10.3 Å². The van der Waals surface area contributed by atoms with Crippen molar-refractivity contribution in [1.29, 1.82) is 0 Å². The molecule has 1 aromatic rings. The van der Waals surface area contributed by atoms with Crippen molar-refractivity contribution in [2.75, 3.05) is 6.61 Å². The standard InChI is InChI=1S/C4H6N2O3/c7-2-4(8)3-1-5-9-6-3/h1,4,7-8H,2H2. The largest absolute Gasteiger partial charge is 0.393 e. The minimum atomic E-state index is -0.976. The van der Waals surface area contributed by atoms with E-state index in [4.69, 9.17) is 10.2 Å². The van der Waals surface area contributed by atoms with Crippen LogP contribution in [0.5, 0.6) is 0 Å². The molecule has 0 spiro atoms. The van der Waals surface area contributed by atoms with Gasteiger partial charge >= 0.3 is 0 Å². The first-order valence-electron chi connectivity index (χ1n) is 2.41. The molecule has 5 heteroatoms. The molecule has 0 radical (unpaired) electrons. The van der Waals surface area contributed by atoms with Crippen LogP contribution in [0, 0.1) is 0 Å². The highest BCUT2D eigenvalue weighted by Gasteiger charge is 2.08. The molecule has 0 bridgehead atoms. The van der Waals surface area contributed by atoms with Gasteiger partial charge in [0, 0.05) is 0 Å². The van der Waals surface area contributed by atoms with E-state index in [2.05, 4.69) is 14.9 Å². The smallest absolute Gasteiger partial charge is 0.135 e. The molecule has 0 amide bonds. The Morgan fingerprint density at radius 1 is 1.78 bits per heavy atom. The fourth-order valence-electron chi connectivity index (χ4n) is 0.412. The summed E-state index contributed by atoms with van der Waals surface area (Å²) in [6.45, 7) is -0.367. The summed E-state index contributed by atoms with van der Waals surface area (Å²) in [5, 5.41) is 23.7. The first-order valence-corrected chi connectivity index (χ1v) is 2.41. The predicted molar refractivity (Wildman–Crippen MR) is 26.3 cm³/mol. The molecule has 1 heterocycles. The Morgan fingerprint density at radius 2 is 2.56 bits per heavy atom. The lowest BCUT2D eigenvalue weighted by atomic mass is 10.3. The minimum absolute atomic E-state index is 0.248. The Hall–Kier alpha value is -0.940. The summed E-state index contributed by atoms with van der Waals surface area (Å²) in [6.07, 6.45) is 0.275. The topological polar surface area (TPSA) is 79.4 Å². The van der Waals surface area contributed by atoms with Crippen LogP contribution in [0.1, 0.15) is 11.8 Å². The third kappa shape index (κ3) is 1.24. The lowest BCUT2D eigenvalue weighted by Crippen LogP contribution is -2.01. The van der Waals surface area contributed by atoms with Crippen molar-refractivity contribution < 1.29 is 14.8 Å². The van der Waals surface area contributed by atoms with Crippen molar-refractivity contribution in [3.8, 4) is 0 Å². The van der Waals surface area contributed by atoms with E-state index < -0.39 is 6.10 Å². The first-order chi connectivity index (χ1) is 4.34. The molecule has 1 rings (SSSR count). The van der Waals surface area contributed by atoms with Gasteiger partial charge in [-0.2, -0.15) is 0 Å². The Labute approximate surface area is 50.9 Å². The van der Waals surface area contributed by atoms with Crippen LogP contribution in [-0.2, 0) is 0 Å². The lowest BCUT2D eigenvalue weighted by molar-refractivity contribution is 0.0888. The monoisotopic (exact) mass is 130 g/mol. The lowest BCUT2D eigenvalue weighted by Gasteiger charge is -1.97. The van der Waals surface area contributed by atoms with Gasteiger partial charge < -0.3 is 10.2 Å². The van der Waals surface area contributed by atoms with Crippen LogP contribution in [0.4, 0.5) is 0 Å². The zero-order valence-electron chi connectivity index (χ0n) is 4.56. The second-order valence-electron chi connectivity index (χ2n) is 1.53. The van der Waals surface area contributed by atoms with Gasteiger partial charge in [-0.1, -0.05) is 10.3 Å². The third-order valence-corrected chi connectivity index (χ3v) is 0.893. The molecule has 2 N–H and O–H groups in total. The maximum Gasteiger partial charge on any atom is 0.135 e. The molecule has 0 aliphatic rings. The summed E-state index contributed by atoms with van der Waals surface area (Å²) >= 11 is 0. The van der Waals surface area contributed by atoms with Crippen molar-refractivity contribution in [2.24, 2.45) is 0 Å². The molecule has 5 nitrogen and oxygen atoms in total. The zero-order chi connectivity index (χ0) is 6.69. The van der Waals surface area contributed by atoms with Gasteiger partial charge in [-0.25, -0.2) is 4.63 Å². The summed E-state index contributed by atoms with van der Waals surface area (Å²) in [5.41, 5.74) is 0.248. The molecule has 0 fully saturated rings. The van der Waals surface area contributed by atoms with E-state index in [1.165, 1.54) is 6.20 Å². The second-order valence-corrected chi connectivity index (χ2v) is 1.53. The van der Waals surface area contributed by atoms with Crippen LogP contribution in [0.15, 0.2) is 10.8 Å². The quantitative estimate of drug-likeness (QED) is 0.542. The van der Waals surface area contributed by atoms with Gasteiger partial charge in [0.15, 0.2) is 0 Å². The van der Waals surface area contributed by atoms with Gasteiger partial charge in [-0.15, -0.1) is 0 Å². The van der Waals surface area contributed by atoms with Crippen LogP contribution in [0.25, 0.3) is 0 Å². The van der Waals surface area contributed by atoms with Crippen LogP contribution < -0.4 is 0 Å². The normalized spacial score (nSPS) is 13.6. The molecule has 1 atom stereocenters. The molecule has 1 unspecified atom stereocenters. The fourth-order valence-corrected chi connectivity index (χ4v) is 0.412. The summed E-state index contributed by atoms with van der Waals surface area (Å²) in [5.74, 6) is 0. The zero-order valence-corrected chi connectivity index (χ0v) is 4.56. The molecule has 50 valence electrons. The molecule has 0 aliphatic carbocycles. The SMILES string of the molecule is OCC(O)c1cnon1. The molecule has 0 saturated carbocycles. The Bertz CT molecular complexity index is 162. The Kier molecular flexibility index (Phi) is 1.76. The number of hydrogen-bond donors (Lipinski definition) is 2. The molecule has 0 saturated heterocycles. The first kappa shape index (κ1) is 6.18. The van der Waals surface area contributed by atoms with E-state index in [0.717, 1.165) is 0 Å². The van der Waals surface area contributed by atoms with Crippen LogP contribution in [0.3, 0.4) is 0 Å². The molecule has 0 aromatic carbocycles. The van der Waals surface area contributed by atoms with Crippen LogP contribution >= 0.6 is 0 Å². The summed E-state index contributed by atoms with van der Waals surface area (Å²) in [4.78, 5) is 0. The summed E-state index contributed by atoms with van der Waals surface area (Å²) < 4.78 is 4.17. The number of aliphatic hydroxyl groups excluding tert-OH is 2. The number of aliphatic hydroxyl groups is 2. The van der Waals surface area contributed by atoms with E-state index in [0.29, 0.717) is 0 Å².